The van der Waals surface area contributed by atoms with Crippen molar-refractivity contribution >= 4 is 69.5 Å². The van der Waals surface area contributed by atoms with E-state index < -0.39 is 52.7 Å². The second-order valence-electron chi connectivity index (χ2n) is 20.0. The first kappa shape index (κ1) is 46.6. The number of aromatic nitrogens is 2. The molecule has 3 aromatic carbocycles. The largest absolute Gasteiger partial charge is 0.480 e. The summed E-state index contributed by atoms with van der Waals surface area (Å²) in [5, 5.41) is 23.3. The van der Waals surface area contributed by atoms with E-state index in [2.05, 4.69) is 31.1 Å². The number of nitrogens with one attached hydrogen (secondary N) is 4. The van der Waals surface area contributed by atoms with E-state index in [1.165, 1.54) is 15.2 Å². The molecule has 4 aromatic rings. The second-order valence-corrected chi connectivity index (χ2v) is 20.8. The molecule has 2 spiro atoms. The van der Waals surface area contributed by atoms with E-state index in [-0.39, 0.29) is 58.8 Å². The number of imidazole rings is 1. The first-order valence-electron chi connectivity index (χ1n) is 24.1. The summed E-state index contributed by atoms with van der Waals surface area (Å²) < 4.78 is 19.4. The van der Waals surface area contributed by atoms with Crippen LogP contribution in [0.1, 0.15) is 99.3 Å². The van der Waals surface area contributed by atoms with Gasteiger partial charge in [0.25, 0.3) is 0 Å². The number of carboxylic acids is 1. The maximum absolute atomic E-state index is 16.4. The highest BCUT2D eigenvalue weighted by atomic mass is 35.5. The van der Waals surface area contributed by atoms with Gasteiger partial charge in [-0.05, 0) is 104 Å². The highest BCUT2D eigenvalue weighted by Gasteiger charge is 2.72. The van der Waals surface area contributed by atoms with Crippen molar-refractivity contribution in [2.75, 3.05) is 38.0 Å². The molecule has 18 heteroatoms. The van der Waals surface area contributed by atoms with E-state index in [4.69, 9.17) is 23.2 Å². The molecule has 5 fully saturated rings. The lowest BCUT2D eigenvalue weighted by Gasteiger charge is -2.47. The summed E-state index contributed by atoms with van der Waals surface area (Å²) in [6.45, 7) is 2.92. The maximum atomic E-state index is 16.4. The number of anilines is 1. The molecular formula is C50H57Cl2FN8O7. The number of halogens is 3. The third kappa shape index (κ3) is 7.93. The second kappa shape index (κ2) is 18.3. The minimum absolute atomic E-state index is 0.0772. The van der Waals surface area contributed by atoms with Gasteiger partial charge in [0, 0.05) is 74.4 Å². The Kier molecular flexibility index (Phi) is 12.6. The minimum atomic E-state index is -1.31. The quantitative estimate of drug-likeness (QED) is 0.129. The molecular weight excluding hydrogens is 915 g/mol. The van der Waals surface area contributed by atoms with Crippen LogP contribution in [0.15, 0.2) is 59.4 Å². The number of aliphatic carboxylic acids is 1. The van der Waals surface area contributed by atoms with Crippen molar-refractivity contribution < 1.29 is 33.5 Å². The van der Waals surface area contributed by atoms with Crippen LogP contribution in [-0.4, -0.2) is 110 Å². The zero-order chi connectivity index (χ0) is 47.6. The van der Waals surface area contributed by atoms with Crippen LogP contribution >= 0.6 is 23.2 Å². The number of carbonyl (C=O) groups excluding carboxylic acids is 4. The molecule has 360 valence electrons. The molecule has 4 amide bonds. The van der Waals surface area contributed by atoms with Gasteiger partial charge < -0.3 is 15.7 Å². The molecule has 1 aromatic heterocycles. The molecule has 0 radical (unpaired) electrons. The van der Waals surface area contributed by atoms with Gasteiger partial charge in [0.05, 0.1) is 22.1 Å². The fourth-order valence-electron chi connectivity index (χ4n) is 12.9. The summed E-state index contributed by atoms with van der Waals surface area (Å²) in [4.78, 5) is 84.1. The standard InChI is InChI=1S/C50H57Cl2FN8O7/c1-58-38-24-28(10-15-36(38)61(48(58)68)37-16-17-40(62)56-44(37)63)18-21-59-22-23-60(39(27-59)46(65)66)26-29-8-12-31(13-9-29)54-45(64)43-41(32-6-5-7-34(52)42(32)53)50(49(57-43)19-3-2-4-20-49)33-14-11-30(51)25-35(33)55-47(50)67/h5-7,10-11,14-15,24-25,29,31,37,39,41,43,57H,2-4,8-9,12-13,16-23,26-27H2,1H3,(H,54,64)(H,55,67)(H,65,66)(H,56,62,63)/t29?,31?,37?,39?,41-,43+,50+/m0/s1. The molecule has 5 atom stereocenters. The Balaban J connectivity index is 0.787. The Morgan fingerprint density at radius 3 is 2.44 bits per heavy atom. The van der Waals surface area contributed by atoms with E-state index in [1.807, 2.05) is 24.3 Å². The number of hydrogen-bond donors (Lipinski definition) is 5. The Bertz CT molecular complexity index is 2770. The summed E-state index contributed by atoms with van der Waals surface area (Å²) in [5.74, 6) is -3.58. The Morgan fingerprint density at radius 1 is 0.912 bits per heavy atom. The summed E-state index contributed by atoms with van der Waals surface area (Å²) in [6.07, 6.45) is 7.99. The lowest BCUT2D eigenvalue weighted by atomic mass is 9.55. The Morgan fingerprint density at radius 2 is 1.69 bits per heavy atom. The molecule has 10 rings (SSSR count). The number of piperazine rings is 1. The number of hydrogen-bond acceptors (Lipinski definition) is 9. The molecule has 5 N–H and O–H groups in total. The van der Waals surface area contributed by atoms with Crippen LogP contribution in [0, 0.1) is 11.7 Å². The predicted molar refractivity (Wildman–Crippen MR) is 254 cm³/mol. The van der Waals surface area contributed by atoms with Crippen LogP contribution in [0.3, 0.4) is 0 Å². The lowest BCUT2D eigenvalue weighted by molar-refractivity contribution is -0.146. The monoisotopic (exact) mass is 970 g/mol. The highest BCUT2D eigenvalue weighted by molar-refractivity contribution is 6.31. The van der Waals surface area contributed by atoms with Crippen LogP contribution in [0.5, 0.6) is 0 Å². The number of amides is 4. The third-order valence-electron chi connectivity index (χ3n) is 16.2. The zero-order valence-electron chi connectivity index (χ0n) is 38.0. The average Bonchev–Trinajstić information content (AvgIpc) is 3.87. The van der Waals surface area contributed by atoms with Gasteiger partial charge in [-0.3, -0.25) is 53.5 Å². The number of carboxylic acid groups (broad SMARTS) is 1. The van der Waals surface area contributed by atoms with E-state index in [0.717, 1.165) is 37.7 Å². The lowest BCUT2D eigenvalue weighted by Crippen LogP contribution is -2.60. The first-order valence-corrected chi connectivity index (χ1v) is 24.8. The van der Waals surface area contributed by atoms with Gasteiger partial charge >= 0.3 is 11.7 Å². The summed E-state index contributed by atoms with van der Waals surface area (Å²) in [5.41, 5.74) is 1.30. The van der Waals surface area contributed by atoms with Crippen molar-refractivity contribution in [3.05, 3.63) is 97.6 Å². The number of nitrogens with zero attached hydrogens (tertiary/aromatic N) is 4. The number of benzene rings is 3. The van der Waals surface area contributed by atoms with Gasteiger partial charge in [0.15, 0.2) is 0 Å². The van der Waals surface area contributed by atoms with Gasteiger partial charge in [0.1, 0.15) is 23.3 Å². The molecule has 5 heterocycles. The summed E-state index contributed by atoms with van der Waals surface area (Å²) >= 11 is 12.9. The van der Waals surface area contributed by atoms with Crippen LogP contribution in [-0.2, 0) is 42.9 Å². The van der Waals surface area contributed by atoms with E-state index >= 15 is 4.39 Å². The SMILES string of the molecule is Cn1c(=O)n(C2CCC(=O)NC2=O)c2ccc(CCN3CCN(CC4CCC(NC(=O)[C@@H]5NC6(CCCCC6)[C@@]6(C(=O)Nc7cc(Cl)ccc76)[C@H]5c5cccc(Cl)c5F)CC4)C(C(=O)O)C3)cc21. The molecule has 3 saturated heterocycles. The smallest absolute Gasteiger partial charge is 0.329 e. The first-order chi connectivity index (χ1) is 32.7. The van der Waals surface area contributed by atoms with Crippen LogP contribution in [0.25, 0.3) is 11.0 Å². The Hall–Kier alpha value is -5.13. The molecule has 2 unspecified atom stereocenters. The van der Waals surface area contributed by atoms with Crippen LogP contribution in [0.4, 0.5) is 10.1 Å². The molecule has 6 aliphatic rings. The van der Waals surface area contributed by atoms with Crippen LogP contribution in [0.2, 0.25) is 10.0 Å². The molecule has 2 aliphatic carbocycles. The fourth-order valence-corrected chi connectivity index (χ4v) is 13.3. The van der Waals surface area contributed by atoms with Crippen molar-refractivity contribution in [1.29, 1.82) is 0 Å². The van der Waals surface area contributed by atoms with Gasteiger partial charge in [-0.25, -0.2) is 9.18 Å². The molecule has 2 saturated carbocycles. The normalized spacial score (nSPS) is 28.5. The van der Waals surface area contributed by atoms with Crippen molar-refractivity contribution in [2.45, 2.75) is 118 Å². The molecule has 4 aliphatic heterocycles. The number of aryl methyl sites for hydroxylation is 1. The van der Waals surface area contributed by atoms with Gasteiger partial charge in [-0.1, -0.05) is 66.7 Å². The summed E-state index contributed by atoms with van der Waals surface area (Å²) in [7, 11) is 1.67. The van der Waals surface area contributed by atoms with Crippen LogP contribution < -0.4 is 27.0 Å². The number of piperidine rings is 1. The zero-order valence-corrected chi connectivity index (χ0v) is 39.5. The minimum Gasteiger partial charge on any atom is -0.480 e. The van der Waals surface area contributed by atoms with Gasteiger partial charge in [-0.2, -0.15) is 0 Å². The molecule has 68 heavy (non-hydrogen) atoms. The number of imide groups is 1. The van der Waals surface area contributed by atoms with Crippen molar-refractivity contribution in [2.24, 2.45) is 13.0 Å². The van der Waals surface area contributed by atoms with Crippen molar-refractivity contribution in [1.82, 2.24) is 34.9 Å². The molecule has 0 bridgehead atoms. The van der Waals surface area contributed by atoms with E-state index in [0.29, 0.717) is 92.1 Å². The van der Waals surface area contributed by atoms with Gasteiger partial charge in [-0.15, -0.1) is 0 Å². The van der Waals surface area contributed by atoms with E-state index in [1.54, 1.807) is 31.3 Å². The molecule has 15 nitrogen and oxygen atoms in total. The maximum Gasteiger partial charge on any atom is 0.329 e. The topological polar surface area (TPSA) is 187 Å². The third-order valence-corrected chi connectivity index (χ3v) is 16.8. The highest BCUT2D eigenvalue weighted by Crippen LogP contribution is 2.63. The Labute approximate surface area is 403 Å². The van der Waals surface area contributed by atoms with E-state index in [9.17, 15) is 33.9 Å². The number of carbonyl (C=O) groups is 5. The predicted octanol–water partition coefficient (Wildman–Crippen LogP) is 5.40. The van der Waals surface area contributed by atoms with Crippen molar-refractivity contribution in [3.63, 3.8) is 0 Å². The number of fused-ring (bicyclic) bond motifs is 4. The number of rotatable bonds is 10. The van der Waals surface area contributed by atoms with Gasteiger partial charge in [0.2, 0.25) is 23.6 Å². The average molecular weight is 972 g/mol. The fraction of sp³-hybridized carbons (Fsp3) is 0.520. The van der Waals surface area contributed by atoms with Crippen molar-refractivity contribution in [3.8, 4) is 0 Å². The summed E-state index contributed by atoms with van der Waals surface area (Å²) in [6, 6.07) is 13.3.